The smallest absolute Gasteiger partial charge is 0.146 e. The van der Waals surface area contributed by atoms with Gasteiger partial charge in [-0.25, -0.2) is 18.7 Å². The van der Waals surface area contributed by atoms with Crippen molar-refractivity contribution in [2.45, 2.75) is 13.8 Å². The van der Waals surface area contributed by atoms with E-state index >= 15 is 0 Å². The van der Waals surface area contributed by atoms with E-state index in [0.717, 1.165) is 18.2 Å². The molecular formula is C12H10ClF2N3. The van der Waals surface area contributed by atoms with E-state index in [1.807, 2.05) is 0 Å². The Kier molecular flexibility index (Phi) is 3.43. The van der Waals surface area contributed by atoms with Crippen LogP contribution < -0.4 is 5.32 Å². The molecule has 1 aromatic carbocycles. The van der Waals surface area contributed by atoms with Gasteiger partial charge in [-0.1, -0.05) is 11.6 Å². The second kappa shape index (κ2) is 4.86. The first-order valence-corrected chi connectivity index (χ1v) is 5.58. The summed E-state index contributed by atoms with van der Waals surface area (Å²) in [6.07, 6.45) is 0. The van der Waals surface area contributed by atoms with Gasteiger partial charge in [-0.15, -0.1) is 0 Å². The molecule has 0 aliphatic rings. The second-order valence-electron chi connectivity index (χ2n) is 3.78. The monoisotopic (exact) mass is 269 g/mol. The highest BCUT2D eigenvalue weighted by Gasteiger charge is 2.10. The maximum absolute atomic E-state index is 13.5. The van der Waals surface area contributed by atoms with Crippen molar-refractivity contribution in [3.8, 4) is 0 Å². The molecule has 0 radical (unpaired) electrons. The van der Waals surface area contributed by atoms with Gasteiger partial charge in [-0.05, 0) is 26.0 Å². The van der Waals surface area contributed by atoms with Crippen LogP contribution in [0.3, 0.4) is 0 Å². The van der Waals surface area contributed by atoms with E-state index in [4.69, 9.17) is 11.6 Å². The average Bonchev–Trinajstić information content (AvgIpc) is 2.30. The highest BCUT2D eigenvalue weighted by molar-refractivity contribution is 6.30. The van der Waals surface area contributed by atoms with Crippen molar-refractivity contribution in [2.75, 3.05) is 5.32 Å². The lowest BCUT2D eigenvalue weighted by atomic mass is 10.2. The largest absolute Gasteiger partial charge is 0.337 e. The molecule has 2 rings (SSSR count). The Hall–Kier alpha value is -1.75. The molecular weight excluding hydrogens is 260 g/mol. The third kappa shape index (κ3) is 2.56. The summed E-state index contributed by atoms with van der Waals surface area (Å²) in [4.78, 5) is 8.07. The summed E-state index contributed by atoms with van der Waals surface area (Å²) in [5.74, 6) is -0.293. The molecule has 0 unspecified atom stereocenters. The van der Waals surface area contributed by atoms with Crippen LogP contribution in [0.25, 0.3) is 0 Å². The van der Waals surface area contributed by atoms with Gasteiger partial charge in [0, 0.05) is 11.6 Å². The van der Waals surface area contributed by atoms with Gasteiger partial charge in [0.1, 0.15) is 28.4 Å². The van der Waals surface area contributed by atoms with Gasteiger partial charge in [0.25, 0.3) is 0 Å². The molecule has 0 fully saturated rings. The third-order valence-electron chi connectivity index (χ3n) is 2.38. The van der Waals surface area contributed by atoms with Crippen LogP contribution in [-0.2, 0) is 0 Å². The van der Waals surface area contributed by atoms with Crippen molar-refractivity contribution >= 4 is 23.1 Å². The number of hydrogen-bond donors (Lipinski definition) is 1. The number of rotatable bonds is 2. The Morgan fingerprint density at radius 3 is 2.61 bits per heavy atom. The van der Waals surface area contributed by atoms with Gasteiger partial charge >= 0.3 is 0 Å². The van der Waals surface area contributed by atoms with Crippen LogP contribution in [0.5, 0.6) is 0 Å². The zero-order valence-corrected chi connectivity index (χ0v) is 10.5. The molecule has 0 bridgehead atoms. The number of hydrogen-bond acceptors (Lipinski definition) is 3. The zero-order chi connectivity index (χ0) is 13.3. The fourth-order valence-corrected chi connectivity index (χ4v) is 1.65. The fraction of sp³-hybridized carbons (Fsp3) is 0.167. The number of aromatic nitrogens is 2. The summed E-state index contributed by atoms with van der Waals surface area (Å²) in [5.41, 5.74) is 0.582. The number of halogens is 3. The summed E-state index contributed by atoms with van der Waals surface area (Å²) in [6, 6.07) is 3.15. The van der Waals surface area contributed by atoms with Gasteiger partial charge in [-0.2, -0.15) is 0 Å². The maximum Gasteiger partial charge on any atom is 0.146 e. The van der Waals surface area contributed by atoms with Gasteiger partial charge in [0.15, 0.2) is 0 Å². The van der Waals surface area contributed by atoms with Crippen LogP contribution in [0.1, 0.15) is 11.4 Å². The number of aryl methyl sites for hydroxylation is 1. The van der Waals surface area contributed by atoms with Gasteiger partial charge in [-0.3, -0.25) is 0 Å². The van der Waals surface area contributed by atoms with E-state index in [-0.39, 0.29) is 10.8 Å². The number of nitrogens with zero attached hydrogens (tertiary/aromatic N) is 2. The SMILES string of the molecule is Cc1nc(Cl)c(C)c(Nc2cc(F)ccc2F)n1. The lowest BCUT2D eigenvalue weighted by molar-refractivity contribution is 0.603. The molecule has 1 aromatic heterocycles. The van der Waals surface area contributed by atoms with Crippen LogP contribution in [0, 0.1) is 25.5 Å². The predicted molar refractivity (Wildman–Crippen MR) is 66.2 cm³/mol. The summed E-state index contributed by atoms with van der Waals surface area (Å²) in [7, 11) is 0. The summed E-state index contributed by atoms with van der Waals surface area (Å²) in [6.45, 7) is 3.36. The van der Waals surface area contributed by atoms with Gasteiger partial charge in [0.2, 0.25) is 0 Å². The first-order valence-electron chi connectivity index (χ1n) is 5.20. The summed E-state index contributed by atoms with van der Waals surface area (Å²) in [5, 5.41) is 2.99. The molecule has 1 heterocycles. The molecule has 0 amide bonds. The quantitative estimate of drug-likeness (QED) is 0.844. The Morgan fingerprint density at radius 1 is 1.17 bits per heavy atom. The lowest BCUT2D eigenvalue weighted by Gasteiger charge is -2.11. The molecule has 0 aliphatic heterocycles. The van der Waals surface area contributed by atoms with Crippen molar-refractivity contribution in [3.05, 3.63) is 46.4 Å². The first kappa shape index (κ1) is 12.7. The van der Waals surface area contributed by atoms with E-state index < -0.39 is 11.6 Å². The van der Waals surface area contributed by atoms with Crippen LogP contribution in [-0.4, -0.2) is 9.97 Å². The standard InChI is InChI=1S/C12H10ClF2N3/c1-6-11(13)16-7(2)17-12(6)18-10-5-8(14)3-4-9(10)15/h3-5H,1-2H3,(H,16,17,18). The minimum Gasteiger partial charge on any atom is -0.337 e. The molecule has 18 heavy (non-hydrogen) atoms. The second-order valence-corrected chi connectivity index (χ2v) is 4.14. The van der Waals surface area contributed by atoms with Crippen molar-refractivity contribution in [1.82, 2.24) is 9.97 Å². The first-order chi connectivity index (χ1) is 8.47. The average molecular weight is 270 g/mol. The topological polar surface area (TPSA) is 37.8 Å². The lowest BCUT2D eigenvalue weighted by Crippen LogP contribution is -2.02. The Balaban J connectivity index is 2.43. The van der Waals surface area contributed by atoms with E-state index in [2.05, 4.69) is 15.3 Å². The number of benzene rings is 1. The number of anilines is 2. The molecule has 1 N–H and O–H groups in total. The molecule has 6 heteroatoms. The fourth-order valence-electron chi connectivity index (χ4n) is 1.44. The van der Waals surface area contributed by atoms with E-state index in [9.17, 15) is 8.78 Å². The van der Waals surface area contributed by atoms with Crippen molar-refractivity contribution in [2.24, 2.45) is 0 Å². The predicted octanol–water partition coefficient (Wildman–Crippen LogP) is 3.77. The molecule has 0 aliphatic carbocycles. The maximum atomic E-state index is 13.5. The van der Waals surface area contributed by atoms with E-state index in [0.29, 0.717) is 17.2 Å². The molecule has 0 saturated heterocycles. The highest BCUT2D eigenvalue weighted by Crippen LogP contribution is 2.25. The van der Waals surface area contributed by atoms with Crippen LogP contribution in [0.15, 0.2) is 18.2 Å². The van der Waals surface area contributed by atoms with Gasteiger partial charge < -0.3 is 5.32 Å². The molecule has 94 valence electrons. The summed E-state index contributed by atoms with van der Waals surface area (Å²) < 4.78 is 26.5. The van der Waals surface area contributed by atoms with Crippen LogP contribution in [0.2, 0.25) is 5.15 Å². The van der Waals surface area contributed by atoms with E-state index in [1.54, 1.807) is 13.8 Å². The molecule has 2 aromatic rings. The molecule has 3 nitrogen and oxygen atoms in total. The Labute approximate surface area is 108 Å². The van der Waals surface area contributed by atoms with Crippen molar-refractivity contribution < 1.29 is 8.78 Å². The minimum atomic E-state index is -0.566. The molecule has 0 spiro atoms. The normalized spacial score (nSPS) is 10.5. The van der Waals surface area contributed by atoms with Crippen LogP contribution >= 0.6 is 11.6 Å². The van der Waals surface area contributed by atoms with Crippen molar-refractivity contribution in [1.29, 1.82) is 0 Å². The van der Waals surface area contributed by atoms with Crippen molar-refractivity contribution in [3.63, 3.8) is 0 Å². The van der Waals surface area contributed by atoms with E-state index in [1.165, 1.54) is 0 Å². The number of nitrogens with one attached hydrogen (secondary N) is 1. The zero-order valence-electron chi connectivity index (χ0n) is 9.76. The molecule has 0 atom stereocenters. The highest BCUT2D eigenvalue weighted by atomic mass is 35.5. The Morgan fingerprint density at radius 2 is 1.89 bits per heavy atom. The van der Waals surface area contributed by atoms with Gasteiger partial charge in [0.05, 0.1) is 5.69 Å². The summed E-state index contributed by atoms with van der Waals surface area (Å²) >= 11 is 5.90. The Bertz CT molecular complexity index is 602. The minimum absolute atomic E-state index is 0.00673. The van der Waals surface area contributed by atoms with Crippen LogP contribution in [0.4, 0.5) is 20.3 Å². The third-order valence-corrected chi connectivity index (χ3v) is 2.75. The molecule has 0 saturated carbocycles.